The van der Waals surface area contributed by atoms with Crippen LogP contribution in [0.5, 0.6) is 17.6 Å². The van der Waals surface area contributed by atoms with Gasteiger partial charge in [0.2, 0.25) is 5.88 Å². The number of anilines is 1. The molecule has 0 bridgehead atoms. The molecule has 2 aromatic heterocycles. The van der Waals surface area contributed by atoms with Crippen molar-refractivity contribution in [1.29, 1.82) is 0 Å². The number of ether oxygens (including phenoxy) is 3. The van der Waals surface area contributed by atoms with Crippen LogP contribution in [0.1, 0.15) is 31.7 Å². The number of nitrogens with zero attached hydrogens (tertiary/aromatic N) is 5. The molecular formula is C33H30F3N5O4. The first-order valence-electron chi connectivity index (χ1n) is 15.1. The Hall–Kier alpha value is -4.34. The molecular weight excluding hydrogens is 587 g/mol. The monoisotopic (exact) mass is 617 g/mol. The predicted octanol–water partition coefficient (Wildman–Crippen LogP) is 4.75. The number of morpholine rings is 1. The molecule has 232 valence electrons. The Balaban J connectivity index is 1.35. The maximum atomic E-state index is 16.9. The van der Waals surface area contributed by atoms with Crippen molar-refractivity contribution in [3.8, 4) is 41.2 Å². The van der Waals surface area contributed by atoms with Crippen molar-refractivity contribution in [3.63, 3.8) is 0 Å². The highest BCUT2D eigenvalue weighted by Gasteiger charge is 2.49. The number of hydrogen-bond acceptors (Lipinski definition) is 9. The Bertz CT molecular complexity index is 1920. The third-order valence-corrected chi connectivity index (χ3v) is 9.67. The first kappa shape index (κ1) is 28.2. The molecule has 0 saturated carbocycles. The molecule has 4 atom stereocenters. The summed E-state index contributed by atoms with van der Waals surface area (Å²) in [5, 5.41) is 11.5. The van der Waals surface area contributed by atoms with Gasteiger partial charge in [-0.15, -0.1) is 6.42 Å². The third kappa shape index (κ3) is 4.35. The maximum absolute atomic E-state index is 16.9. The highest BCUT2D eigenvalue weighted by atomic mass is 19.1. The van der Waals surface area contributed by atoms with Crippen LogP contribution < -0.4 is 14.4 Å². The van der Waals surface area contributed by atoms with Crippen molar-refractivity contribution >= 4 is 27.5 Å². The maximum Gasteiger partial charge on any atom is 0.319 e. The summed E-state index contributed by atoms with van der Waals surface area (Å²) in [4.78, 5) is 18.1. The third-order valence-electron chi connectivity index (χ3n) is 9.67. The fraction of sp³-hybridized carbons (Fsp3) is 0.424. The summed E-state index contributed by atoms with van der Waals surface area (Å²) >= 11 is 0. The number of rotatable bonds is 4. The first-order chi connectivity index (χ1) is 21.8. The Morgan fingerprint density at radius 2 is 2.04 bits per heavy atom. The van der Waals surface area contributed by atoms with Crippen molar-refractivity contribution in [2.45, 2.75) is 50.0 Å². The van der Waals surface area contributed by atoms with E-state index in [-0.39, 0.29) is 63.4 Å². The number of hydrogen-bond donors (Lipinski definition) is 1. The molecule has 1 N–H and O–H groups in total. The Morgan fingerprint density at radius 1 is 1.18 bits per heavy atom. The van der Waals surface area contributed by atoms with E-state index in [2.05, 4.69) is 20.8 Å². The topological polar surface area (TPSA) is 93.1 Å². The van der Waals surface area contributed by atoms with Gasteiger partial charge >= 0.3 is 6.01 Å². The van der Waals surface area contributed by atoms with Crippen LogP contribution >= 0.6 is 0 Å². The average Bonchev–Trinajstić information content (AvgIpc) is 3.52. The first-order valence-corrected chi connectivity index (χ1v) is 15.1. The lowest BCUT2D eigenvalue weighted by Gasteiger charge is -2.37. The zero-order valence-electron chi connectivity index (χ0n) is 24.5. The summed E-state index contributed by atoms with van der Waals surface area (Å²) in [7, 11) is 0. The number of fused-ring (bicyclic) bond motifs is 4. The van der Waals surface area contributed by atoms with Gasteiger partial charge in [0.25, 0.3) is 0 Å². The lowest BCUT2D eigenvalue weighted by Crippen LogP contribution is -2.52. The van der Waals surface area contributed by atoms with E-state index in [4.69, 9.17) is 25.6 Å². The number of alkyl halides is 1. The normalized spacial score (nSPS) is 25.9. The number of benzene rings is 2. The van der Waals surface area contributed by atoms with Gasteiger partial charge in [0.15, 0.2) is 5.82 Å². The number of terminal acetylenes is 1. The fourth-order valence-electron chi connectivity index (χ4n) is 7.57. The van der Waals surface area contributed by atoms with Crippen LogP contribution in [-0.4, -0.2) is 88.3 Å². The number of phenols is 1. The number of aromatic hydroxyl groups is 1. The fourth-order valence-corrected chi connectivity index (χ4v) is 7.57. The van der Waals surface area contributed by atoms with Crippen LogP contribution in [-0.2, 0) is 4.74 Å². The molecule has 8 rings (SSSR count). The van der Waals surface area contributed by atoms with Crippen molar-refractivity contribution in [2.75, 3.05) is 44.4 Å². The van der Waals surface area contributed by atoms with Crippen LogP contribution in [0.15, 0.2) is 24.3 Å². The highest BCUT2D eigenvalue weighted by Crippen LogP contribution is 2.45. The second-order valence-electron chi connectivity index (χ2n) is 12.3. The lowest BCUT2D eigenvalue weighted by molar-refractivity contribution is 0.0523. The molecule has 0 amide bonds. The minimum absolute atomic E-state index is 0.0565. The van der Waals surface area contributed by atoms with Crippen molar-refractivity contribution < 1.29 is 32.5 Å². The zero-order chi connectivity index (χ0) is 31.0. The van der Waals surface area contributed by atoms with Crippen LogP contribution in [0.3, 0.4) is 0 Å². The Labute approximate surface area is 256 Å². The van der Waals surface area contributed by atoms with Crippen LogP contribution in [0.4, 0.5) is 19.0 Å². The summed E-state index contributed by atoms with van der Waals surface area (Å²) in [6.45, 7) is 4.44. The Morgan fingerprint density at radius 3 is 2.89 bits per heavy atom. The SMILES string of the molecule is C#Cc1c(F)ccc2cc(O)cc(-c3nc4c5c(nc(OC[C@@]67CCCN6C[C@H](F)C7)nc5c3F)N3CCOC[C@H]3[C@@H](C)O4)c12. The minimum atomic E-state index is -0.938. The van der Waals surface area contributed by atoms with E-state index in [1.807, 2.05) is 11.8 Å². The van der Waals surface area contributed by atoms with Crippen LogP contribution in [0.2, 0.25) is 0 Å². The molecule has 9 nitrogen and oxygen atoms in total. The molecule has 12 heteroatoms. The largest absolute Gasteiger partial charge is 0.508 e. The second-order valence-corrected chi connectivity index (χ2v) is 12.3. The molecule has 3 fully saturated rings. The van der Waals surface area contributed by atoms with Gasteiger partial charge in [-0.25, -0.2) is 18.2 Å². The number of aromatic nitrogens is 3. The molecule has 0 radical (unpaired) electrons. The van der Waals surface area contributed by atoms with Gasteiger partial charge in [-0.1, -0.05) is 12.0 Å². The zero-order valence-corrected chi connectivity index (χ0v) is 24.5. The van der Waals surface area contributed by atoms with E-state index >= 15 is 4.39 Å². The molecule has 6 heterocycles. The number of halogens is 3. The van der Waals surface area contributed by atoms with E-state index in [0.717, 1.165) is 19.4 Å². The molecule has 0 aliphatic carbocycles. The van der Waals surface area contributed by atoms with Gasteiger partial charge in [-0.3, -0.25) is 4.90 Å². The quantitative estimate of drug-likeness (QED) is 0.326. The average molecular weight is 618 g/mol. The predicted molar refractivity (Wildman–Crippen MR) is 160 cm³/mol. The molecule has 4 aromatic rings. The minimum Gasteiger partial charge on any atom is -0.508 e. The summed E-state index contributed by atoms with van der Waals surface area (Å²) in [5.41, 5.74) is -0.809. The molecule has 3 saturated heterocycles. The number of pyridine rings is 1. The standard InChI is InChI=1S/C33H30F3N5O4/c1-3-21-23(35)6-5-18-11-20(42)12-22(25(18)21)28-27(36)29-26-30(41-9-10-43-15-24(41)17(2)45-31(26)37-28)39-32(38-29)44-16-33-7-4-8-40(33)14-19(34)13-33/h1,5-6,11-12,17,19,24,42H,4,7-10,13-16H2,2H3/t17-,19-,24+,33+/m1/s1. The molecule has 0 spiro atoms. The van der Waals surface area contributed by atoms with Gasteiger partial charge in [-0.05, 0) is 49.9 Å². The summed E-state index contributed by atoms with van der Waals surface area (Å²) < 4.78 is 64.6. The van der Waals surface area contributed by atoms with Gasteiger partial charge in [0, 0.05) is 30.5 Å². The highest BCUT2D eigenvalue weighted by molar-refractivity contribution is 6.04. The molecule has 45 heavy (non-hydrogen) atoms. The van der Waals surface area contributed by atoms with E-state index < -0.39 is 29.4 Å². The van der Waals surface area contributed by atoms with E-state index in [9.17, 15) is 13.9 Å². The van der Waals surface area contributed by atoms with Crippen LogP contribution in [0, 0.1) is 24.0 Å². The summed E-state index contributed by atoms with van der Waals surface area (Å²) in [6.07, 6.45) is 6.40. The van der Waals surface area contributed by atoms with E-state index in [1.165, 1.54) is 24.3 Å². The Kier molecular flexibility index (Phi) is 6.48. The van der Waals surface area contributed by atoms with Crippen LogP contribution in [0.25, 0.3) is 32.9 Å². The second kappa shape index (κ2) is 10.4. The summed E-state index contributed by atoms with van der Waals surface area (Å²) in [5.74, 6) is 1.15. The van der Waals surface area contributed by atoms with Gasteiger partial charge in [0.1, 0.15) is 52.9 Å². The van der Waals surface area contributed by atoms with Crippen molar-refractivity contribution in [3.05, 3.63) is 41.5 Å². The van der Waals surface area contributed by atoms with Crippen molar-refractivity contribution in [2.24, 2.45) is 0 Å². The smallest absolute Gasteiger partial charge is 0.319 e. The number of phenolic OH excluding ortho intramolecular Hbond substituents is 1. The van der Waals surface area contributed by atoms with Gasteiger partial charge in [-0.2, -0.15) is 9.97 Å². The van der Waals surface area contributed by atoms with Gasteiger partial charge in [0.05, 0.1) is 30.4 Å². The lowest BCUT2D eigenvalue weighted by atomic mass is 9.95. The summed E-state index contributed by atoms with van der Waals surface area (Å²) in [6, 6.07) is 5.06. The molecule has 2 aromatic carbocycles. The van der Waals surface area contributed by atoms with Gasteiger partial charge < -0.3 is 24.2 Å². The molecule has 0 unspecified atom stereocenters. The molecule has 4 aliphatic heterocycles. The van der Waals surface area contributed by atoms with E-state index in [0.29, 0.717) is 43.9 Å². The van der Waals surface area contributed by atoms with Crippen molar-refractivity contribution in [1.82, 2.24) is 19.9 Å². The van der Waals surface area contributed by atoms with E-state index in [1.54, 1.807) is 0 Å². The molecule has 4 aliphatic rings.